The molecule has 1 saturated carbocycles. The molecule has 1 fully saturated rings. The molecule has 3 N–H and O–H groups in total. The van der Waals surface area contributed by atoms with Crippen LogP contribution in [0.4, 0.5) is 4.39 Å². The highest BCUT2D eigenvalue weighted by Crippen LogP contribution is 2.24. The number of amides is 1. The van der Waals surface area contributed by atoms with Crippen molar-refractivity contribution in [2.45, 2.75) is 19.3 Å². The molecular weight excluding hydrogens is 409 g/mol. The molecule has 1 aliphatic rings. The monoisotopic (exact) mass is 429 g/mol. The van der Waals surface area contributed by atoms with E-state index in [0.29, 0.717) is 28.8 Å². The van der Waals surface area contributed by atoms with Crippen molar-refractivity contribution < 1.29 is 14.3 Å². The summed E-state index contributed by atoms with van der Waals surface area (Å²) in [5, 5.41) is 13.1. The average molecular weight is 430 g/mol. The number of carbonyl (C=O) groups excluding carboxylic acids is 1. The Bertz CT molecular complexity index is 1090. The molecule has 1 aliphatic carbocycles. The normalized spacial score (nSPS) is 13.2. The van der Waals surface area contributed by atoms with E-state index in [1.165, 1.54) is 43.5 Å². The predicted octanol–water partition coefficient (Wildman–Crippen LogP) is 3.57. The second-order valence-electron chi connectivity index (χ2n) is 6.99. The van der Waals surface area contributed by atoms with E-state index in [0.717, 1.165) is 10.7 Å². The zero-order valence-corrected chi connectivity index (χ0v) is 16.8. The first-order valence-electron chi connectivity index (χ1n) is 9.46. The van der Waals surface area contributed by atoms with Gasteiger partial charge in [0, 0.05) is 17.2 Å². The van der Waals surface area contributed by atoms with Crippen molar-refractivity contribution in [3.63, 3.8) is 0 Å². The summed E-state index contributed by atoms with van der Waals surface area (Å²) < 4.78 is 14.4. The molecule has 0 saturated heterocycles. The van der Waals surface area contributed by atoms with Crippen LogP contribution in [0.25, 0.3) is 16.9 Å². The topological polar surface area (TPSA) is 98.2 Å². The first-order valence-corrected chi connectivity index (χ1v) is 9.83. The molecule has 0 aliphatic heterocycles. The van der Waals surface area contributed by atoms with E-state index in [2.05, 4.69) is 5.10 Å². The van der Waals surface area contributed by atoms with Crippen molar-refractivity contribution in [1.29, 1.82) is 0 Å². The molecule has 0 bridgehead atoms. The van der Waals surface area contributed by atoms with Gasteiger partial charge in [-0.2, -0.15) is 9.78 Å². The van der Waals surface area contributed by atoms with Crippen LogP contribution in [0.15, 0.2) is 59.4 Å². The Balaban J connectivity index is 0.000000367. The number of benzene rings is 2. The van der Waals surface area contributed by atoms with Crippen molar-refractivity contribution in [2.75, 3.05) is 6.61 Å². The summed E-state index contributed by atoms with van der Waals surface area (Å²) in [7, 11) is 0. The van der Waals surface area contributed by atoms with Crippen LogP contribution < -0.4 is 11.3 Å². The van der Waals surface area contributed by atoms with Crippen LogP contribution in [-0.2, 0) is 0 Å². The minimum absolute atomic E-state index is 0.193. The van der Waals surface area contributed by atoms with Crippen molar-refractivity contribution in [1.82, 2.24) is 9.78 Å². The van der Waals surface area contributed by atoms with E-state index in [1.54, 1.807) is 24.3 Å². The molecule has 30 heavy (non-hydrogen) atoms. The van der Waals surface area contributed by atoms with Gasteiger partial charge in [-0.05, 0) is 55.2 Å². The number of aliphatic hydroxyl groups excluding tert-OH is 1. The number of carbonyl (C=O) groups is 1. The van der Waals surface area contributed by atoms with Crippen LogP contribution in [0, 0.1) is 11.7 Å². The SMILES string of the molecule is NC(=O)c1cc(-c2ccc(Cl)cc2)nn(-c2cccc(F)c2)c1=O.OCC1CCC1. The molecule has 0 unspecified atom stereocenters. The van der Waals surface area contributed by atoms with E-state index in [-0.39, 0.29) is 11.3 Å². The molecule has 6 nitrogen and oxygen atoms in total. The molecule has 8 heteroatoms. The fraction of sp³-hybridized carbons (Fsp3) is 0.227. The van der Waals surface area contributed by atoms with E-state index in [1.807, 2.05) is 0 Å². The van der Waals surface area contributed by atoms with E-state index < -0.39 is 17.3 Å². The third-order valence-corrected chi connectivity index (χ3v) is 5.10. The maximum absolute atomic E-state index is 13.5. The summed E-state index contributed by atoms with van der Waals surface area (Å²) in [5.41, 5.74) is 5.50. The van der Waals surface area contributed by atoms with Gasteiger partial charge in [-0.15, -0.1) is 0 Å². The van der Waals surface area contributed by atoms with Crippen LogP contribution in [0.1, 0.15) is 29.6 Å². The zero-order chi connectivity index (χ0) is 21.7. The molecule has 0 spiro atoms. The fourth-order valence-corrected chi connectivity index (χ4v) is 3.02. The number of primary amides is 1. The Labute approximate surface area is 177 Å². The van der Waals surface area contributed by atoms with Crippen molar-refractivity contribution in [3.05, 3.63) is 81.4 Å². The van der Waals surface area contributed by atoms with Gasteiger partial charge in [0.2, 0.25) is 0 Å². The largest absolute Gasteiger partial charge is 0.396 e. The smallest absolute Gasteiger partial charge is 0.284 e. The van der Waals surface area contributed by atoms with Crippen molar-refractivity contribution in [3.8, 4) is 16.9 Å². The van der Waals surface area contributed by atoms with Crippen molar-refractivity contribution >= 4 is 17.5 Å². The van der Waals surface area contributed by atoms with Crippen LogP contribution in [0.3, 0.4) is 0 Å². The zero-order valence-electron chi connectivity index (χ0n) is 16.1. The van der Waals surface area contributed by atoms with Crippen molar-refractivity contribution in [2.24, 2.45) is 11.7 Å². The van der Waals surface area contributed by atoms with E-state index in [9.17, 15) is 14.0 Å². The Morgan fingerprint density at radius 2 is 1.90 bits per heavy atom. The lowest BCUT2D eigenvalue weighted by molar-refractivity contribution is 0.0998. The molecule has 1 heterocycles. The average Bonchev–Trinajstić information content (AvgIpc) is 2.68. The Morgan fingerprint density at radius 1 is 1.20 bits per heavy atom. The highest BCUT2D eigenvalue weighted by molar-refractivity contribution is 6.30. The number of nitrogens with two attached hydrogens (primary N) is 1. The summed E-state index contributed by atoms with van der Waals surface area (Å²) in [6.07, 6.45) is 3.86. The molecule has 0 atom stereocenters. The van der Waals surface area contributed by atoms with Gasteiger partial charge < -0.3 is 10.8 Å². The van der Waals surface area contributed by atoms with Crippen LogP contribution in [0.5, 0.6) is 0 Å². The maximum atomic E-state index is 13.5. The Morgan fingerprint density at radius 3 is 2.40 bits per heavy atom. The number of rotatable bonds is 4. The molecular formula is C22H21ClFN3O3. The molecule has 1 amide bonds. The standard InChI is InChI=1S/C17H11ClFN3O2.C5H10O/c18-11-6-4-10(5-7-11)15-9-14(16(20)23)17(24)22(21-15)13-3-1-2-12(19)8-13;6-4-5-2-1-3-5/h1-9H,(H2,20,23);5-6H,1-4H2. The van der Waals surface area contributed by atoms with Gasteiger partial charge in [-0.25, -0.2) is 4.39 Å². The van der Waals surface area contributed by atoms with Crippen LogP contribution in [0.2, 0.25) is 5.02 Å². The highest BCUT2D eigenvalue weighted by Gasteiger charge is 2.16. The third kappa shape index (κ3) is 5.11. The summed E-state index contributed by atoms with van der Waals surface area (Å²) in [6, 6.07) is 13.3. The number of aromatic nitrogens is 2. The van der Waals surface area contributed by atoms with Crippen LogP contribution >= 0.6 is 11.6 Å². The molecule has 156 valence electrons. The van der Waals surface area contributed by atoms with Gasteiger partial charge in [0.25, 0.3) is 11.5 Å². The first-order chi connectivity index (χ1) is 14.4. The number of nitrogens with zero attached hydrogens (tertiary/aromatic N) is 2. The highest BCUT2D eigenvalue weighted by atomic mass is 35.5. The summed E-state index contributed by atoms with van der Waals surface area (Å²) in [6.45, 7) is 0.417. The summed E-state index contributed by atoms with van der Waals surface area (Å²) in [4.78, 5) is 24.0. The molecule has 1 aromatic heterocycles. The van der Waals surface area contributed by atoms with Gasteiger partial charge in [-0.3, -0.25) is 9.59 Å². The summed E-state index contributed by atoms with van der Waals surface area (Å²) in [5.74, 6) is -0.744. The Kier molecular flexibility index (Phi) is 6.97. The third-order valence-electron chi connectivity index (χ3n) is 4.85. The minimum Gasteiger partial charge on any atom is -0.396 e. The minimum atomic E-state index is -0.886. The second kappa shape index (κ2) is 9.65. The molecule has 3 aromatic rings. The second-order valence-corrected chi connectivity index (χ2v) is 7.43. The lowest BCUT2D eigenvalue weighted by Gasteiger charge is -2.21. The lowest BCUT2D eigenvalue weighted by Crippen LogP contribution is -2.30. The molecule has 0 radical (unpaired) electrons. The Hall–Kier alpha value is -3.03. The fourth-order valence-electron chi connectivity index (χ4n) is 2.89. The van der Waals surface area contributed by atoms with Gasteiger partial charge >= 0.3 is 0 Å². The number of aliphatic hydroxyl groups is 1. The molecule has 2 aromatic carbocycles. The summed E-state index contributed by atoms with van der Waals surface area (Å²) >= 11 is 5.86. The van der Waals surface area contributed by atoms with E-state index >= 15 is 0 Å². The maximum Gasteiger partial charge on any atom is 0.284 e. The van der Waals surface area contributed by atoms with E-state index in [4.69, 9.17) is 22.4 Å². The van der Waals surface area contributed by atoms with Crippen LogP contribution in [-0.4, -0.2) is 27.4 Å². The number of hydrogen-bond donors (Lipinski definition) is 2. The predicted molar refractivity (Wildman–Crippen MR) is 113 cm³/mol. The van der Waals surface area contributed by atoms with Gasteiger partial charge in [0.15, 0.2) is 0 Å². The molecule has 4 rings (SSSR count). The van der Waals surface area contributed by atoms with Gasteiger partial charge in [0.1, 0.15) is 11.4 Å². The number of halogens is 2. The van der Waals surface area contributed by atoms with Gasteiger partial charge in [-0.1, -0.05) is 36.2 Å². The first kappa shape index (κ1) is 21.7. The quantitative estimate of drug-likeness (QED) is 0.662. The number of hydrogen-bond acceptors (Lipinski definition) is 4. The lowest BCUT2D eigenvalue weighted by atomic mass is 9.86. The van der Waals surface area contributed by atoms with Gasteiger partial charge in [0.05, 0.1) is 11.4 Å².